The van der Waals surface area contributed by atoms with Crippen molar-refractivity contribution in [3.05, 3.63) is 23.8 Å². The molecule has 0 aromatic heterocycles. The number of aldehydes is 1. The molecule has 2 N–H and O–H groups in total. The third-order valence-corrected chi connectivity index (χ3v) is 2.45. The van der Waals surface area contributed by atoms with Gasteiger partial charge in [0, 0.05) is 0 Å². The maximum absolute atomic E-state index is 11.7. The summed E-state index contributed by atoms with van der Waals surface area (Å²) in [6, 6.07) is 3.58. The van der Waals surface area contributed by atoms with Gasteiger partial charge in [0.15, 0.2) is 11.5 Å². The first-order valence-electron chi connectivity index (χ1n) is 6.67. The van der Waals surface area contributed by atoms with Crippen molar-refractivity contribution in [2.75, 3.05) is 6.61 Å². The fourth-order valence-corrected chi connectivity index (χ4v) is 1.63. The summed E-state index contributed by atoms with van der Waals surface area (Å²) in [4.78, 5) is 22.9. The van der Waals surface area contributed by atoms with Crippen LogP contribution < -0.4 is 10.1 Å². The topological polar surface area (TPSA) is 84.9 Å². The van der Waals surface area contributed by atoms with Crippen LogP contribution in [0.5, 0.6) is 11.5 Å². The fourth-order valence-electron chi connectivity index (χ4n) is 1.63. The van der Waals surface area contributed by atoms with Crippen molar-refractivity contribution >= 4 is 12.4 Å². The number of hydrogen-bond donors (Lipinski definition) is 2. The van der Waals surface area contributed by atoms with E-state index in [0.29, 0.717) is 18.5 Å². The smallest absolute Gasteiger partial charge is 0.408 e. The summed E-state index contributed by atoms with van der Waals surface area (Å²) < 4.78 is 10.4. The molecule has 21 heavy (non-hydrogen) atoms. The maximum atomic E-state index is 11.7. The van der Waals surface area contributed by atoms with Crippen LogP contribution in [0.1, 0.15) is 39.3 Å². The molecule has 1 aromatic carbocycles. The quantitative estimate of drug-likeness (QED) is 0.815. The van der Waals surface area contributed by atoms with Gasteiger partial charge in [-0.2, -0.15) is 0 Å². The second-order valence-electron chi connectivity index (χ2n) is 5.42. The number of rotatable bonds is 5. The van der Waals surface area contributed by atoms with Crippen molar-refractivity contribution in [3.8, 4) is 11.5 Å². The van der Waals surface area contributed by atoms with Gasteiger partial charge in [-0.3, -0.25) is 0 Å². The highest BCUT2D eigenvalue weighted by Crippen LogP contribution is 2.29. The molecule has 0 saturated carbocycles. The molecule has 0 saturated heterocycles. The van der Waals surface area contributed by atoms with E-state index in [9.17, 15) is 14.7 Å². The molecule has 6 nitrogen and oxygen atoms in total. The van der Waals surface area contributed by atoms with E-state index < -0.39 is 17.7 Å². The Morgan fingerprint density at radius 1 is 1.43 bits per heavy atom. The number of carbonyl (C=O) groups is 2. The average Bonchev–Trinajstić information content (AvgIpc) is 2.37. The number of phenolic OH excluding ortho intramolecular Hbond substituents is 1. The molecule has 0 radical (unpaired) electrons. The Kier molecular flexibility index (Phi) is 5.58. The number of alkyl carbamates (subject to hydrolysis) is 1. The van der Waals surface area contributed by atoms with E-state index in [0.717, 1.165) is 0 Å². The molecule has 0 aliphatic heterocycles. The Balaban J connectivity index is 2.87. The number of phenols is 1. The Morgan fingerprint density at radius 3 is 2.62 bits per heavy atom. The number of carbonyl (C=O) groups excluding carboxylic acids is 2. The lowest BCUT2D eigenvalue weighted by Gasteiger charge is -2.22. The second kappa shape index (κ2) is 6.97. The van der Waals surface area contributed by atoms with Gasteiger partial charge in [-0.15, -0.1) is 0 Å². The fraction of sp³-hybridized carbons (Fsp3) is 0.467. The van der Waals surface area contributed by atoms with Gasteiger partial charge in [-0.05, 0) is 45.4 Å². The van der Waals surface area contributed by atoms with Crippen LogP contribution >= 0.6 is 0 Å². The average molecular weight is 295 g/mol. The van der Waals surface area contributed by atoms with Crippen molar-refractivity contribution in [1.82, 2.24) is 5.32 Å². The molecule has 0 aliphatic rings. The Labute approximate surface area is 124 Å². The van der Waals surface area contributed by atoms with Gasteiger partial charge in [-0.25, -0.2) is 4.79 Å². The molecule has 0 heterocycles. The Bertz CT molecular complexity index is 507. The predicted octanol–water partition coefficient (Wildman–Crippen LogP) is 2.56. The summed E-state index contributed by atoms with van der Waals surface area (Å²) in [5.74, 6) is 0.232. The first-order chi connectivity index (χ1) is 9.76. The van der Waals surface area contributed by atoms with E-state index >= 15 is 0 Å². The van der Waals surface area contributed by atoms with Gasteiger partial charge >= 0.3 is 6.09 Å². The third-order valence-electron chi connectivity index (χ3n) is 2.45. The highest BCUT2D eigenvalue weighted by molar-refractivity contribution is 5.75. The Morgan fingerprint density at radius 2 is 2.10 bits per heavy atom. The summed E-state index contributed by atoms with van der Waals surface area (Å²) in [5.41, 5.74) is -0.153. The molecule has 1 amide bonds. The van der Waals surface area contributed by atoms with Crippen LogP contribution in [0.3, 0.4) is 0 Å². The number of hydrogen-bond acceptors (Lipinski definition) is 5. The molecule has 1 rings (SSSR count). The molecule has 0 fully saturated rings. The molecule has 0 aliphatic carbocycles. The molecule has 0 spiro atoms. The molecule has 1 unspecified atom stereocenters. The number of benzene rings is 1. The van der Waals surface area contributed by atoms with Gasteiger partial charge in [-0.1, -0.05) is 6.07 Å². The van der Waals surface area contributed by atoms with E-state index in [1.165, 1.54) is 18.2 Å². The normalized spacial score (nSPS) is 12.4. The SMILES string of the molecule is CCOc1cc(C(C=O)NC(=O)OC(C)(C)C)ccc1O. The summed E-state index contributed by atoms with van der Waals surface area (Å²) >= 11 is 0. The van der Waals surface area contributed by atoms with E-state index in [1.54, 1.807) is 27.7 Å². The van der Waals surface area contributed by atoms with Crippen LogP contribution in [0.2, 0.25) is 0 Å². The van der Waals surface area contributed by atoms with Crippen LogP contribution in [0.4, 0.5) is 4.79 Å². The minimum Gasteiger partial charge on any atom is -0.504 e. The lowest BCUT2D eigenvalue weighted by Crippen LogP contribution is -2.35. The standard InChI is InChI=1S/C15H21NO5/c1-5-20-13-8-10(6-7-12(13)18)11(9-17)16-14(19)21-15(2,3)4/h6-9,11,18H,5H2,1-4H3,(H,16,19). The number of amides is 1. The minimum absolute atomic E-state index is 0.0254. The highest BCUT2D eigenvalue weighted by atomic mass is 16.6. The molecule has 1 aromatic rings. The van der Waals surface area contributed by atoms with E-state index in [4.69, 9.17) is 9.47 Å². The van der Waals surface area contributed by atoms with E-state index in [1.807, 2.05) is 0 Å². The van der Waals surface area contributed by atoms with E-state index in [2.05, 4.69) is 5.32 Å². The van der Waals surface area contributed by atoms with Crippen molar-refractivity contribution in [2.45, 2.75) is 39.3 Å². The van der Waals surface area contributed by atoms with Crippen LogP contribution in [-0.4, -0.2) is 29.7 Å². The van der Waals surface area contributed by atoms with Crippen LogP contribution in [0.15, 0.2) is 18.2 Å². The zero-order valence-electron chi connectivity index (χ0n) is 12.7. The number of nitrogens with one attached hydrogen (secondary N) is 1. The van der Waals surface area contributed by atoms with Crippen LogP contribution in [0.25, 0.3) is 0 Å². The summed E-state index contributed by atoms with van der Waals surface area (Å²) in [5, 5.41) is 12.1. The molecular formula is C15H21NO5. The first-order valence-corrected chi connectivity index (χ1v) is 6.67. The summed E-state index contributed by atoms with van der Waals surface area (Å²) in [6.45, 7) is 7.35. The van der Waals surface area contributed by atoms with Crippen molar-refractivity contribution in [1.29, 1.82) is 0 Å². The largest absolute Gasteiger partial charge is 0.504 e. The van der Waals surface area contributed by atoms with Crippen molar-refractivity contribution < 1.29 is 24.2 Å². The summed E-state index contributed by atoms with van der Waals surface area (Å²) in [7, 11) is 0. The van der Waals surface area contributed by atoms with Gasteiger partial charge in [0.25, 0.3) is 0 Å². The molecule has 1 atom stereocenters. The highest BCUT2D eigenvalue weighted by Gasteiger charge is 2.21. The van der Waals surface area contributed by atoms with Crippen molar-refractivity contribution in [2.24, 2.45) is 0 Å². The molecule has 116 valence electrons. The zero-order valence-corrected chi connectivity index (χ0v) is 12.7. The van der Waals surface area contributed by atoms with Crippen molar-refractivity contribution in [3.63, 3.8) is 0 Å². The molecular weight excluding hydrogens is 274 g/mol. The first kappa shape index (κ1) is 16.8. The van der Waals surface area contributed by atoms with E-state index in [-0.39, 0.29) is 11.5 Å². The number of ether oxygens (including phenoxy) is 2. The second-order valence-corrected chi connectivity index (χ2v) is 5.42. The molecule has 0 bridgehead atoms. The van der Waals surface area contributed by atoms with Crippen LogP contribution in [-0.2, 0) is 9.53 Å². The number of aromatic hydroxyl groups is 1. The van der Waals surface area contributed by atoms with Crippen LogP contribution in [0, 0.1) is 0 Å². The molecule has 6 heteroatoms. The lowest BCUT2D eigenvalue weighted by atomic mass is 10.1. The van der Waals surface area contributed by atoms with Gasteiger partial charge in [0.2, 0.25) is 0 Å². The zero-order chi connectivity index (χ0) is 16.0. The Hall–Kier alpha value is -2.24. The third kappa shape index (κ3) is 5.33. The van der Waals surface area contributed by atoms with Gasteiger partial charge in [0.05, 0.1) is 6.61 Å². The minimum atomic E-state index is -0.875. The van der Waals surface area contributed by atoms with Gasteiger partial charge < -0.3 is 24.7 Å². The lowest BCUT2D eigenvalue weighted by molar-refractivity contribution is -0.109. The van der Waals surface area contributed by atoms with Gasteiger partial charge in [0.1, 0.15) is 17.9 Å². The summed E-state index contributed by atoms with van der Waals surface area (Å²) in [6.07, 6.45) is -0.0999. The maximum Gasteiger partial charge on any atom is 0.408 e. The monoisotopic (exact) mass is 295 g/mol. The predicted molar refractivity (Wildman–Crippen MR) is 77.5 cm³/mol.